The van der Waals surface area contributed by atoms with Crippen LogP contribution >= 0.6 is 11.8 Å². The molecule has 1 unspecified atom stereocenters. The van der Waals surface area contributed by atoms with Crippen LogP contribution in [0.3, 0.4) is 0 Å². The maximum Gasteiger partial charge on any atom is 0.353 e. The number of carbonyl (C=O) groups excluding carboxylic acids is 3. The smallest absolute Gasteiger partial charge is 0.353 e. The lowest BCUT2D eigenvalue weighted by Gasteiger charge is -2.47. The largest absolute Gasteiger partial charge is 0.477 e. The molecule has 1 aromatic heterocycles. The van der Waals surface area contributed by atoms with Gasteiger partial charge in [0.25, 0.3) is 0 Å². The fraction of sp³-hybridized carbons (Fsp3) is 0.682. The summed E-state index contributed by atoms with van der Waals surface area (Å²) >= 11 is 1.43. The summed E-state index contributed by atoms with van der Waals surface area (Å²) in [5.74, 6) is -2.09. The highest BCUT2D eigenvalue weighted by Crippen LogP contribution is 2.51. The summed E-state index contributed by atoms with van der Waals surface area (Å²) < 4.78 is 1.38. The zero-order chi connectivity index (χ0) is 27.0. The molecule has 6 atom stereocenters. The molecule has 0 bridgehead atoms. The average Bonchev–Trinajstić information content (AvgIpc) is 3.52. The second kappa shape index (κ2) is 10.8. The molecule has 37 heavy (non-hydrogen) atoms. The molecule has 4 N–H and O–H groups in total. The third kappa shape index (κ3) is 5.07. The van der Waals surface area contributed by atoms with Gasteiger partial charge in [-0.05, 0) is 30.8 Å². The molecule has 1 aromatic rings. The van der Waals surface area contributed by atoms with Crippen LogP contribution < -0.4 is 16.0 Å². The van der Waals surface area contributed by atoms with Crippen LogP contribution in [0.5, 0.6) is 0 Å². The number of likely N-dealkylation sites (N-methyl/N-ethyl adjacent to an activating group) is 1. The van der Waals surface area contributed by atoms with Crippen LogP contribution in [0, 0.1) is 11.8 Å². The first-order valence-corrected chi connectivity index (χ1v) is 13.0. The molecule has 0 saturated carbocycles. The van der Waals surface area contributed by atoms with Crippen LogP contribution in [0.15, 0.2) is 10.6 Å². The number of thioether (sulfide) groups is 1. The second-order valence-electron chi connectivity index (χ2n) is 9.84. The Morgan fingerprint density at radius 1 is 1.32 bits per heavy atom. The molecule has 3 aliphatic rings. The number of tetrazole rings is 1. The third-order valence-electron chi connectivity index (χ3n) is 7.08. The number of nitrogens with zero attached hydrogens (tertiary/aromatic N) is 6. The Hall–Kier alpha value is -3.04. The number of β-lactam (4-membered cyclic amide) rings is 1. The number of hydrogen-bond acceptors (Lipinski definition) is 10. The lowest BCUT2D eigenvalue weighted by atomic mass is 9.78. The molecule has 0 aromatic carbocycles. The summed E-state index contributed by atoms with van der Waals surface area (Å²) in [5.41, 5.74) is 0.00931. The summed E-state index contributed by atoms with van der Waals surface area (Å²) in [5, 5.41) is 30.3. The standard InChI is InChI=1S/C22H33N9O5S/c1-10-17-16(11(2)25-15(32)9-30-14(8-23-3)26-27-28-30)21(34)31(17)18(22(35)36)19(10)37-12-6-13(24-7-12)20(33)29(4)5/h10-13,16-17,23-24H,6-9H2,1-5H3,(H,25,32)(H,35,36)/t10-,11?,12+,13+,16-,17-/m1/s1. The van der Waals surface area contributed by atoms with E-state index in [-0.39, 0.29) is 53.2 Å². The normalized spacial score (nSPS) is 27.6. The maximum absolute atomic E-state index is 13.1. The van der Waals surface area contributed by atoms with E-state index in [1.165, 1.54) is 26.2 Å². The predicted octanol–water partition coefficient (Wildman–Crippen LogP) is -1.78. The van der Waals surface area contributed by atoms with E-state index in [2.05, 4.69) is 31.5 Å². The quantitative estimate of drug-likeness (QED) is 0.249. The van der Waals surface area contributed by atoms with Gasteiger partial charge in [0.2, 0.25) is 17.7 Å². The third-order valence-corrected chi connectivity index (χ3v) is 8.59. The zero-order valence-corrected chi connectivity index (χ0v) is 22.3. The topological polar surface area (TPSA) is 175 Å². The number of amides is 3. The molecule has 0 radical (unpaired) electrons. The van der Waals surface area contributed by atoms with Crippen molar-refractivity contribution in [3.8, 4) is 0 Å². The van der Waals surface area contributed by atoms with Crippen molar-refractivity contribution in [2.24, 2.45) is 11.8 Å². The lowest BCUT2D eigenvalue weighted by molar-refractivity contribution is -0.158. The summed E-state index contributed by atoms with van der Waals surface area (Å²) in [6, 6.07) is -1.19. The average molecular weight is 536 g/mol. The number of rotatable bonds is 10. The SMILES string of the molecule is CNCc1nnnn1CC(=O)NC(C)[C@H]1C(=O)N2C(C(=O)O)=C(S[C@@H]3CN[C@H](C(=O)N(C)C)C3)[C@H](C)[C@H]12. The van der Waals surface area contributed by atoms with E-state index >= 15 is 0 Å². The zero-order valence-electron chi connectivity index (χ0n) is 21.5. The molecule has 4 rings (SSSR count). The molecule has 2 saturated heterocycles. The minimum Gasteiger partial charge on any atom is -0.477 e. The van der Waals surface area contributed by atoms with Crippen molar-refractivity contribution in [3.63, 3.8) is 0 Å². The highest BCUT2D eigenvalue weighted by Gasteiger charge is 2.60. The number of carboxylic acid groups (broad SMARTS) is 1. The Labute approximate surface area is 218 Å². The monoisotopic (exact) mass is 535 g/mol. The van der Waals surface area contributed by atoms with Crippen LogP contribution in [0.1, 0.15) is 26.1 Å². The van der Waals surface area contributed by atoms with Crippen molar-refractivity contribution in [1.82, 2.24) is 46.0 Å². The minimum atomic E-state index is -1.15. The van der Waals surface area contributed by atoms with Gasteiger partial charge in [-0.2, -0.15) is 0 Å². The Kier molecular flexibility index (Phi) is 7.85. The molecular formula is C22H33N9O5S. The van der Waals surface area contributed by atoms with Gasteiger partial charge in [0, 0.05) is 42.8 Å². The van der Waals surface area contributed by atoms with E-state index in [4.69, 9.17) is 0 Å². The van der Waals surface area contributed by atoms with Gasteiger partial charge in [-0.1, -0.05) is 6.92 Å². The van der Waals surface area contributed by atoms with E-state index in [1.54, 1.807) is 28.1 Å². The molecule has 2 fully saturated rings. The second-order valence-corrected chi connectivity index (χ2v) is 11.2. The van der Waals surface area contributed by atoms with Crippen molar-refractivity contribution in [2.45, 2.75) is 56.7 Å². The molecule has 15 heteroatoms. The van der Waals surface area contributed by atoms with Gasteiger partial charge in [-0.25, -0.2) is 9.48 Å². The van der Waals surface area contributed by atoms with E-state index < -0.39 is 17.9 Å². The fourth-order valence-electron chi connectivity index (χ4n) is 5.33. The lowest BCUT2D eigenvalue weighted by Crippen LogP contribution is -2.66. The summed E-state index contributed by atoms with van der Waals surface area (Å²) in [4.78, 5) is 53.9. The molecule has 202 valence electrons. The Bertz CT molecular complexity index is 1120. The van der Waals surface area contributed by atoms with Crippen LogP contribution in [0.2, 0.25) is 0 Å². The van der Waals surface area contributed by atoms with Crippen molar-refractivity contribution in [1.29, 1.82) is 0 Å². The Morgan fingerprint density at radius 3 is 2.70 bits per heavy atom. The van der Waals surface area contributed by atoms with Gasteiger partial charge in [0.1, 0.15) is 12.2 Å². The Morgan fingerprint density at radius 2 is 2.05 bits per heavy atom. The van der Waals surface area contributed by atoms with E-state index in [0.717, 1.165) is 0 Å². The van der Waals surface area contributed by atoms with E-state index in [0.29, 0.717) is 30.2 Å². The molecule has 0 spiro atoms. The first-order valence-electron chi connectivity index (χ1n) is 12.2. The Balaban J connectivity index is 1.42. The number of fused-ring (bicyclic) bond motifs is 1. The predicted molar refractivity (Wildman–Crippen MR) is 133 cm³/mol. The van der Waals surface area contributed by atoms with Gasteiger partial charge in [-0.3, -0.25) is 14.4 Å². The summed E-state index contributed by atoms with van der Waals surface area (Å²) in [7, 11) is 5.15. The maximum atomic E-state index is 13.1. The van der Waals surface area contributed by atoms with Crippen LogP contribution in [0.25, 0.3) is 0 Å². The van der Waals surface area contributed by atoms with Gasteiger partial charge >= 0.3 is 5.97 Å². The first kappa shape index (κ1) is 27.0. The van der Waals surface area contributed by atoms with Crippen molar-refractivity contribution < 1.29 is 24.3 Å². The van der Waals surface area contributed by atoms with Gasteiger partial charge < -0.3 is 30.9 Å². The molecular weight excluding hydrogens is 502 g/mol. The molecule has 14 nitrogen and oxygen atoms in total. The number of carboxylic acids is 1. The minimum absolute atomic E-state index is 0.00757. The number of hydrogen-bond donors (Lipinski definition) is 4. The number of aliphatic carboxylic acids is 1. The van der Waals surface area contributed by atoms with Crippen LogP contribution in [-0.2, 0) is 32.3 Å². The first-order chi connectivity index (χ1) is 17.5. The summed E-state index contributed by atoms with van der Waals surface area (Å²) in [6.45, 7) is 4.54. The molecule has 3 aliphatic heterocycles. The van der Waals surface area contributed by atoms with E-state index in [9.17, 15) is 24.3 Å². The number of nitrogens with one attached hydrogen (secondary N) is 3. The molecule has 0 aliphatic carbocycles. The van der Waals surface area contributed by atoms with Gasteiger partial charge in [0.05, 0.1) is 24.5 Å². The van der Waals surface area contributed by atoms with Crippen LogP contribution in [0.4, 0.5) is 0 Å². The summed E-state index contributed by atoms with van der Waals surface area (Å²) in [6.07, 6.45) is 0.575. The van der Waals surface area contributed by atoms with Crippen molar-refractivity contribution in [3.05, 3.63) is 16.4 Å². The van der Waals surface area contributed by atoms with Crippen molar-refractivity contribution >= 4 is 35.5 Å². The van der Waals surface area contributed by atoms with Gasteiger partial charge in [0.15, 0.2) is 5.82 Å². The highest BCUT2D eigenvalue weighted by molar-refractivity contribution is 8.03. The molecule has 3 amide bonds. The highest BCUT2D eigenvalue weighted by atomic mass is 32.2. The van der Waals surface area contributed by atoms with Crippen LogP contribution in [-0.4, -0.2) is 110 Å². The molecule has 4 heterocycles. The number of carbonyl (C=O) groups is 4. The van der Waals surface area contributed by atoms with Gasteiger partial charge in [-0.15, -0.1) is 16.9 Å². The fourth-order valence-corrected chi connectivity index (χ4v) is 6.80. The van der Waals surface area contributed by atoms with E-state index in [1.807, 2.05) is 6.92 Å². The number of aromatic nitrogens is 4. The van der Waals surface area contributed by atoms with Crippen molar-refractivity contribution in [2.75, 3.05) is 27.7 Å².